The van der Waals surface area contributed by atoms with Crippen molar-refractivity contribution in [3.8, 4) is 22.2 Å². The Labute approximate surface area is 197 Å². The number of hydrogen-bond donors (Lipinski definition) is 1. The van der Waals surface area contributed by atoms with Crippen LogP contribution in [0, 0.1) is 6.92 Å². The number of ether oxygens (including phenoxy) is 1. The molecular weight excluding hydrogens is 466 g/mol. The molecule has 5 rings (SSSR count). The van der Waals surface area contributed by atoms with Gasteiger partial charge in [0, 0.05) is 23.7 Å². The van der Waals surface area contributed by atoms with Crippen LogP contribution in [0.4, 0.5) is 0 Å². The van der Waals surface area contributed by atoms with E-state index >= 15 is 0 Å². The van der Waals surface area contributed by atoms with Crippen molar-refractivity contribution in [1.29, 1.82) is 0 Å². The van der Waals surface area contributed by atoms with E-state index in [0.29, 0.717) is 43.9 Å². The molecule has 1 saturated heterocycles. The number of nitrogens with one attached hydrogen (secondary N) is 1. The van der Waals surface area contributed by atoms with Gasteiger partial charge < -0.3 is 14.6 Å². The molecule has 11 heteroatoms. The summed E-state index contributed by atoms with van der Waals surface area (Å²) >= 11 is 7.35. The van der Waals surface area contributed by atoms with E-state index in [1.807, 2.05) is 19.1 Å². The van der Waals surface area contributed by atoms with E-state index in [0.717, 1.165) is 25.0 Å². The van der Waals surface area contributed by atoms with Crippen molar-refractivity contribution in [2.75, 3.05) is 13.2 Å². The predicted molar refractivity (Wildman–Crippen MR) is 124 cm³/mol. The lowest BCUT2D eigenvalue weighted by Gasteiger charge is -2.11. The van der Waals surface area contributed by atoms with Crippen molar-refractivity contribution in [1.82, 2.24) is 25.0 Å². The first-order valence-corrected chi connectivity index (χ1v) is 11.7. The lowest BCUT2D eigenvalue weighted by atomic mass is 10.2. The fraction of sp³-hybridized carbons (Fsp3) is 0.318. The van der Waals surface area contributed by atoms with E-state index < -0.39 is 0 Å². The molecule has 4 aromatic rings. The fourth-order valence-corrected chi connectivity index (χ4v) is 5.03. The maximum Gasteiger partial charge on any atom is 0.268 e. The van der Waals surface area contributed by atoms with Crippen molar-refractivity contribution in [2.45, 2.75) is 32.4 Å². The summed E-state index contributed by atoms with van der Waals surface area (Å²) in [5, 5.41) is 7.88. The number of thiophene rings is 1. The minimum absolute atomic E-state index is 0.0409. The lowest BCUT2D eigenvalue weighted by molar-refractivity contribution is -0.122. The highest BCUT2D eigenvalue weighted by Gasteiger charge is 2.21. The Bertz CT molecular complexity index is 1390. The standard InChI is InChI=1S/C22H20ClN5O4S/c1-12-17-21(25-11-28(22(17)30)10-16(29)24-9-15-6-3-7-31-15)33-18(12)20-26-19(27-32-20)13-4-2-5-14(23)8-13/h2,4-5,8,11,15H,3,6-7,9-10H2,1H3,(H,24,29)/t15-/m0/s1. The number of halogens is 1. The van der Waals surface area contributed by atoms with Gasteiger partial charge in [-0.25, -0.2) is 4.98 Å². The van der Waals surface area contributed by atoms with Gasteiger partial charge in [-0.05, 0) is 37.5 Å². The average Bonchev–Trinajstić information content (AvgIpc) is 3.55. The first kappa shape index (κ1) is 21.7. The van der Waals surface area contributed by atoms with E-state index in [1.165, 1.54) is 22.2 Å². The first-order chi connectivity index (χ1) is 16.0. The van der Waals surface area contributed by atoms with E-state index in [-0.39, 0.29) is 24.1 Å². The Morgan fingerprint density at radius 2 is 2.27 bits per heavy atom. The average molecular weight is 486 g/mol. The van der Waals surface area contributed by atoms with Gasteiger partial charge in [0.25, 0.3) is 11.4 Å². The lowest BCUT2D eigenvalue weighted by Crippen LogP contribution is -2.36. The van der Waals surface area contributed by atoms with Crippen molar-refractivity contribution in [3.05, 3.63) is 51.5 Å². The number of nitrogens with zero attached hydrogens (tertiary/aromatic N) is 4. The molecule has 9 nitrogen and oxygen atoms in total. The molecule has 1 aliphatic heterocycles. The third-order valence-corrected chi connectivity index (χ3v) is 6.91. The molecule has 0 aliphatic carbocycles. The molecule has 0 unspecified atom stereocenters. The van der Waals surface area contributed by atoms with Gasteiger partial charge in [-0.1, -0.05) is 28.9 Å². The van der Waals surface area contributed by atoms with Crippen LogP contribution >= 0.6 is 22.9 Å². The number of benzene rings is 1. The molecule has 170 valence electrons. The molecule has 0 radical (unpaired) electrons. The largest absolute Gasteiger partial charge is 0.376 e. The van der Waals surface area contributed by atoms with Gasteiger partial charge >= 0.3 is 0 Å². The minimum atomic E-state index is -0.290. The maximum atomic E-state index is 13.1. The van der Waals surface area contributed by atoms with E-state index in [4.69, 9.17) is 20.9 Å². The summed E-state index contributed by atoms with van der Waals surface area (Å²) in [4.78, 5) is 35.5. The second-order valence-electron chi connectivity index (χ2n) is 7.79. The number of hydrogen-bond acceptors (Lipinski definition) is 8. The molecule has 33 heavy (non-hydrogen) atoms. The third kappa shape index (κ3) is 4.41. The normalized spacial score (nSPS) is 15.9. The van der Waals surface area contributed by atoms with Gasteiger partial charge in [0.2, 0.25) is 11.7 Å². The van der Waals surface area contributed by atoms with Crippen LogP contribution in [0.15, 0.2) is 39.9 Å². The molecule has 1 atom stereocenters. The highest BCUT2D eigenvalue weighted by atomic mass is 35.5. The quantitative estimate of drug-likeness (QED) is 0.445. The third-order valence-electron chi connectivity index (χ3n) is 5.49. The zero-order chi connectivity index (χ0) is 22.9. The second kappa shape index (κ2) is 9.05. The number of carbonyl (C=O) groups excluding carboxylic acids is 1. The molecule has 1 N–H and O–H groups in total. The molecule has 1 aliphatic rings. The van der Waals surface area contributed by atoms with Crippen LogP contribution in [0.1, 0.15) is 18.4 Å². The van der Waals surface area contributed by atoms with Crippen molar-refractivity contribution < 1.29 is 14.1 Å². The van der Waals surface area contributed by atoms with Gasteiger partial charge in [-0.15, -0.1) is 11.3 Å². The Kier molecular flexibility index (Phi) is 5.96. The van der Waals surface area contributed by atoms with Crippen molar-refractivity contribution in [2.24, 2.45) is 0 Å². The van der Waals surface area contributed by atoms with Crippen LogP contribution < -0.4 is 10.9 Å². The summed E-state index contributed by atoms with van der Waals surface area (Å²) < 4.78 is 12.3. The van der Waals surface area contributed by atoms with Gasteiger partial charge in [-0.2, -0.15) is 4.98 Å². The number of rotatable bonds is 6. The van der Waals surface area contributed by atoms with Crippen LogP contribution in [0.2, 0.25) is 5.02 Å². The van der Waals surface area contributed by atoms with Crippen LogP contribution in [0.5, 0.6) is 0 Å². The molecule has 3 aromatic heterocycles. The summed E-state index contributed by atoms with van der Waals surface area (Å²) in [7, 11) is 0. The minimum Gasteiger partial charge on any atom is -0.376 e. The molecule has 1 amide bonds. The smallest absolute Gasteiger partial charge is 0.268 e. The van der Waals surface area contributed by atoms with Gasteiger partial charge in [0.05, 0.1) is 22.7 Å². The van der Waals surface area contributed by atoms with Gasteiger partial charge in [0.1, 0.15) is 11.4 Å². The van der Waals surface area contributed by atoms with Crippen molar-refractivity contribution >= 4 is 39.1 Å². The summed E-state index contributed by atoms with van der Waals surface area (Å²) in [5.74, 6) is 0.438. The molecule has 0 saturated carbocycles. The Hall–Kier alpha value is -3.08. The van der Waals surface area contributed by atoms with Crippen molar-refractivity contribution in [3.63, 3.8) is 0 Å². The number of carbonyl (C=O) groups is 1. The van der Waals surface area contributed by atoms with E-state index in [2.05, 4.69) is 20.4 Å². The monoisotopic (exact) mass is 485 g/mol. The molecule has 1 fully saturated rings. The van der Waals surface area contributed by atoms with Gasteiger partial charge in [0.15, 0.2) is 0 Å². The molecule has 0 bridgehead atoms. The highest BCUT2D eigenvalue weighted by Crippen LogP contribution is 2.35. The molecule has 4 heterocycles. The number of fused-ring (bicyclic) bond motifs is 1. The van der Waals surface area contributed by atoms with Crippen LogP contribution in [0.3, 0.4) is 0 Å². The number of amides is 1. The topological polar surface area (TPSA) is 112 Å². The first-order valence-electron chi connectivity index (χ1n) is 10.5. The second-order valence-corrected chi connectivity index (χ2v) is 9.22. The number of aromatic nitrogens is 4. The van der Waals surface area contributed by atoms with E-state index in [9.17, 15) is 9.59 Å². The van der Waals surface area contributed by atoms with Crippen LogP contribution in [-0.4, -0.2) is 44.9 Å². The summed E-state index contributed by atoms with van der Waals surface area (Å²) in [6.45, 7) is 2.86. The maximum absolute atomic E-state index is 13.1. The highest BCUT2D eigenvalue weighted by molar-refractivity contribution is 7.22. The Balaban J connectivity index is 1.40. The molecular formula is C22H20ClN5O4S. The van der Waals surface area contributed by atoms with Crippen LogP contribution in [-0.2, 0) is 16.1 Å². The summed E-state index contributed by atoms with van der Waals surface area (Å²) in [6.07, 6.45) is 3.36. The summed E-state index contributed by atoms with van der Waals surface area (Å²) in [5.41, 5.74) is 1.12. The molecule has 0 spiro atoms. The fourth-order valence-electron chi connectivity index (χ4n) is 3.78. The SMILES string of the molecule is Cc1c(-c2nc(-c3cccc(Cl)c3)no2)sc2ncn(CC(=O)NC[C@@H]3CCCO3)c(=O)c12. The number of aryl methyl sites for hydroxylation is 1. The van der Waals surface area contributed by atoms with Gasteiger partial charge in [-0.3, -0.25) is 14.2 Å². The Morgan fingerprint density at radius 1 is 1.39 bits per heavy atom. The predicted octanol–water partition coefficient (Wildman–Crippen LogP) is 3.43. The zero-order valence-electron chi connectivity index (χ0n) is 17.7. The molecule has 1 aromatic carbocycles. The Morgan fingerprint density at radius 3 is 3.06 bits per heavy atom. The van der Waals surface area contributed by atoms with Crippen LogP contribution in [0.25, 0.3) is 32.4 Å². The van der Waals surface area contributed by atoms with E-state index in [1.54, 1.807) is 12.1 Å². The summed E-state index contributed by atoms with van der Waals surface area (Å²) in [6, 6.07) is 7.16. The zero-order valence-corrected chi connectivity index (χ0v) is 19.3.